The molecular weight excluding hydrogens is 348 g/mol. The summed E-state index contributed by atoms with van der Waals surface area (Å²) in [5, 5.41) is 5.35. The summed E-state index contributed by atoms with van der Waals surface area (Å²) >= 11 is 1.45. The van der Waals surface area contributed by atoms with Crippen LogP contribution in [0.25, 0.3) is 21.6 Å². The van der Waals surface area contributed by atoms with Crippen LogP contribution in [-0.2, 0) is 6.42 Å². The maximum absolute atomic E-state index is 12.5. The van der Waals surface area contributed by atoms with Crippen LogP contribution in [0.3, 0.4) is 0 Å². The maximum Gasteiger partial charge on any atom is 0.277 e. The van der Waals surface area contributed by atoms with Crippen molar-refractivity contribution in [1.29, 1.82) is 0 Å². The molecule has 1 aliphatic heterocycles. The number of rotatable bonds is 3. The Kier molecular flexibility index (Phi) is 3.46. The number of benzene rings is 2. The summed E-state index contributed by atoms with van der Waals surface area (Å²) in [6.07, 6.45) is 0.911. The minimum Gasteiger partial charge on any atom is -0.493 e. The first-order chi connectivity index (χ1) is 12.8. The van der Waals surface area contributed by atoms with Crippen molar-refractivity contribution in [3.05, 3.63) is 59.1 Å². The first kappa shape index (κ1) is 15.1. The monoisotopic (exact) mass is 362 g/mol. The molecule has 5 rings (SSSR count). The Balaban J connectivity index is 1.38. The normalized spacial score (nSPS) is 12.8. The van der Waals surface area contributed by atoms with E-state index < -0.39 is 0 Å². The molecule has 26 heavy (non-hydrogen) atoms. The molecule has 0 radical (unpaired) electrons. The quantitative estimate of drug-likeness (QED) is 0.580. The highest BCUT2D eigenvalue weighted by Gasteiger charge is 2.16. The fourth-order valence-corrected chi connectivity index (χ4v) is 3.81. The minimum absolute atomic E-state index is 0.281. The van der Waals surface area contributed by atoms with E-state index in [9.17, 15) is 4.79 Å². The van der Waals surface area contributed by atoms with Gasteiger partial charge in [-0.2, -0.15) is 0 Å². The van der Waals surface area contributed by atoms with Crippen molar-refractivity contribution in [2.45, 2.75) is 6.42 Å². The van der Waals surface area contributed by atoms with Crippen LogP contribution in [0.5, 0.6) is 5.75 Å². The molecule has 0 atom stereocenters. The molecule has 0 saturated carbocycles. The smallest absolute Gasteiger partial charge is 0.277 e. The van der Waals surface area contributed by atoms with Crippen molar-refractivity contribution in [2.24, 2.45) is 0 Å². The molecule has 0 bridgehead atoms. The van der Waals surface area contributed by atoms with Crippen molar-refractivity contribution in [3.63, 3.8) is 0 Å². The largest absolute Gasteiger partial charge is 0.493 e. The first-order valence-corrected chi connectivity index (χ1v) is 9.12. The number of nitrogens with zero attached hydrogens (tertiary/aromatic N) is 2. The second-order valence-electron chi connectivity index (χ2n) is 6.02. The Bertz CT molecular complexity index is 1100. The maximum atomic E-state index is 12.5. The van der Waals surface area contributed by atoms with Gasteiger partial charge in [0.25, 0.3) is 5.91 Å². The summed E-state index contributed by atoms with van der Waals surface area (Å²) < 4.78 is 5.53. The number of carbonyl (C=O) groups is 1. The van der Waals surface area contributed by atoms with Crippen LogP contribution in [0.2, 0.25) is 0 Å². The zero-order chi connectivity index (χ0) is 17.5. The molecular formula is C19H14N4O2S. The predicted octanol–water partition coefficient (Wildman–Crippen LogP) is 3.87. The van der Waals surface area contributed by atoms with Crippen molar-refractivity contribution in [3.8, 4) is 16.3 Å². The summed E-state index contributed by atoms with van der Waals surface area (Å²) in [5.41, 5.74) is 4.25. The van der Waals surface area contributed by atoms with E-state index in [1.165, 1.54) is 16.9 Å². The highest BCUT2D eigenvalue weighted by atomic mass is 32.1. The number of fused-ring (bicyclic) bond motifs is 2. The molecule has 128 valence electrons. The molecule has 0 aliphatic carbocycles. The fraction of sp³-hybridized carbons (Fsp3) is 0.105. The molecule has 0 fully saturated rings. The lowest BCUT2D eigenvalue weighted by atomic mass is 10.1. The van der Waals surface area contributed by atoms with Gasteiger partial charge >= 0.3 is 0 Å². The number of para-hydroxylation sites is 2. The third-order valence-corrected chi connectivity index (χ3v) is 5.19. The molecule has 0 spiro atoms. The average Bonchev–Trinajstić information content (AvgIpc) is 3.38. The van der Waals surface area contributed by atoms with E-state index in [-0.39, 0.29) is 5.91 Å². The van der Waals surface area contributed by atoms with Gasteiger partial charge in [-0.3, -0.25) is 10.1 Å². The van der Waals surface area contributed by atoms with Crippen molar-refractivity contribution >= 4 is 34.2 Å². The van der Waals surface area contributed by atoms with Crippen molar-refractivity contribution < 1.29 is 9.53 Å². The molecule has 0 saturated heterocycles. The number of ether oxygens (including phenoxy) is 1. The van der Waals surface area contributed by atoms with Gasteiger partial charge in [0.2, 0.25) is 5.95 Å². The number of hydrogen-bond acceptors (Lipinski definition) is 5. The lowest BCUT2D eigenvalue weighted by Gasteiger charge is -2.01. The second-order valence-corrected chi connectivity index (χ2v) is 6.87. The molecule has 6 nitrogen and oxygen atoms in total. The lowest BCUT2D eigenvalue weighted by Crippen LogP contribution is -2.13. The number of hydrogen-bond donors (Lipinski definition) is 2. The van der Waals surface area contributed by atoms with Gasteiger partial charge in [0.05, 0.1) is 17.6 Å². The Morgan fingerprint density at radius 3 is 3.04 bits per heavy atom. The minimum atomic E-state index is -0.281. The molecule has 2 aromatic carbocycles. The van der Waals surface area contributed by atoms with Crippen LogP contribution in [0.1, 0.15) is 16.1 Å². The van der Waals surface area contributed by atoms with Gasteiger partial charge in [0, 0.05) is 17.4 Å². The number of H-pyrrole nitrogens is 1. The molecule has 1 amide bonds. The molecule has 2 N–H and O–H groups in total. The van der Waals surface area contributed by atoms with E-state index in [1.807, 2.05) is 36.4 Å². The van der Waals surface area contributed by atoms with Gasteiger partial charge in [-0.05, 0) is 35.9 Å². The van der Waals surface area contributed by atoms with Crippen LogP contribution in [0, 0.1) is 0 Å². The Labute approximate surface area is 152 Å². The van der Waals surface area contributed by atoms with Gasteiger partial charge < -0.3 is 9.72 Å². The molecule has 2 aromatic heterocycles. The number of carbonyl (C=O) groups excluding carboxylic acids is 1. The number of anilines is 1. The van der Waals surface area contributed by atoms with Gasteiger partial charge in [0.15, 0.2) is 0 Å². The zero-order valence-corrected chi connectivity index (χ0v) is 14.5. The topological polar surface area (TPSA) is 79.9 Å². The summed E-state index contributed by atoms with van der Waals surface area (Å²) in [7, 11) is 0. The van der Waals surface area contributed by atoms with Crippen molar-refractivity contribution in [1.82, 2.24) is 15.0 Å². The number of nitrogens with one attached hydrogen (secondary N) is 2. The predicted molar refractivity (Wildman–Crippen MR) is 101 cm³/mol. The van der Waals surface area contributed by atoms with Crippen LogP contribution in [0.15, 0.2) is 47.8 Å². The van der Waals surface area contributed by atoms with E-state index in [1.54, 1.807) is 5.38 Å². The average molecular weight is 362 g/mol. The van der Waals surface area contributed by atoms with Gasteiger partial charge in [-0.15, -0.1) is 11.3 Å². The summed E-state index contributed by atoms with van der Waals surface area (Å²) in [6.45, 7) is 0.724. The molecule has 7 heteroatoms. The van der Waals surface area contributed by atoms with Gasteiger partial charge in [-0.1, -0.05) is 12.1 Å². The van der Waals surface area contributed by atoms with E-state index in [4.69, 9.17) is 4.74 Å². The van der Waals surface area contributed by atoms with Crippen LogP contribution in [-0.4, -0.2) is 27.5 Å². The van der Waals surface area contributed by atoms with Crippen LogP contribution >= 0.6 is 11.3 Å². The summed E-state index contributed by atoms with van der Waals surface area (Å²) in [6, 6.07) is 13.7. The molecule has 0 unspecified atom stereocenters. The SMILES string of the molecule is O=C(Nc1nc2ccccc2[nH]1)c1csc(-c2ccc3c(c2)CCO3)n1. The summed E-state index contributed by atoms with van der Waals surface area (Å²) in [4.78, 5) is 24.4. The van der Waals surface area contributed by atoms with Crippen LogP contribution in [0.4, 0.5) is 5.95 Å². The van der Waals surface area contributed by atoms with E-state index in [2.05, 4.69) is 26.3 Å². The number of aromatic amines is 1. The van der Waals surface area contributed by atoms with E-state index in [0.717, 1.165) is 40.4 Å². The standard InChI is InChI=1S/C19H14N4O2S/c24-17(23-19-21-13-3-1-2-4-14(13)22-19)15-10-26-18(20-15)12-5-6-16-11(9-12)7-8-25-16/h1-6,9-10H,7-8H2,(H2,21,22,23,24). The second kappa shape index (κ2) is 5.96. The van der Waals surface area contributed by atoms with E-state index >= 15 is 0 Å². The third kappa shape index (κ3) is 2.62. The number of imidazole rings is 1. The van der Waals surface area contributed by atoms with Crippen LogP contribution < -0.4 is 10.1 Å². The number of amides is 1. The van der Waals surface area contributed by atoms with Gasteiger partial charge in [0.1, 0.15) is 16.5 Å². The molecule has 4 aromatic rings. The fourth-order valence-electron chi connectivity index (χ4n) is 3.01. The third-order valence-electron chi connectivity index (χ3n) is 4.29. The Hall–Kier alpha value is -3.19. The molecule has 3 heterocycles. The molecule has 1 aliphatic rings. The van der Waals surface area contributed by atoms with E-state index in [0.29, 0.717) is 11.6 Å². The highest BCUT2D eigenvalue weighted by Crippen LogP contribution is 2.32. The lowest BCUT2D eigenvalue weighted by molar-refractivity contribution is 0.102. The van der Waals surface area contributed by atoms with Gasteiger partial charge in [-0.25, -0.2) is 9.97 Å². The number of thiazole rings is 1. The summed E-state index contributed by atoms with van der Waals surface area (Å²) in [5.74, 6) is 1.07. The Morgan fingerprint density at radius 1 is 1.19 bits per heavy atom. The van der Waals surface area contributed by atoms with Crippen molar-refractivity contribution in [2.75, 3.05) is 11.9 Å². The zero-order valence-electron chi connectivity index (χ0n) is 13.7. The number of aromatic nitrogens is 3. The first-order valence-electron chi connectivity index (χ1n) is 8.24. The highest BCUT2D eigenvalue weighted by molar-refractivity contribution is 7.13. The Morgan fingerprint density at radius 2 is 2.12 bits per heavy atom.